The van der Waals surface area contributed by atoms with E-state index in [4.69, 9.17) is 0 Å². The van der Waals surface area contributed by atoms with Crippen LogP contribution in [0, 0.1) is 5.92 Å². The smallest absolute Gasteiger partial charge is 0.228 e. The van der Waals surface area contributed by atoms with E-state index in [9.17, 15) is 4.79 Å². The third-order valence-corrected chi connectivity index (χ3v) is 3.56. The normalized spacial score (nSPS) is 19.6. The van der Waals surface area contributed by atoms with Crippen molar-refractivity contribution in [3.8, 4) is 0 Å². The summed E-state index contributed by atoms with van der Waals surface area (Å²) in [6.45, 7) is 4.84. The number of carbonyl (C=O) groups is 1. The van der Waals surface area contributed by atoms with Crippen LogP contribution in [0.1, 0.15) is 0 Å². The van der Waals surface area contributed by atoms with E-state index in [0.717, 1.165) is 45.2 Å². The molecule has 2 aliphatic heterocycles. The highest BCUT2D eigenvalue weighted by molar-refractivity contribution is 5.85. The summed E-state index contributed by atoms with van der Waals surface area (Å²) in [5.74, 6) is 1.25. The van der Waals surface area contributed by atoms with Gasteiger partial charge in [-0.15, -0.1) is 12.4 Å². The molecule has 1 aromatic heterocycles. The Kier molecular flexibility index (Phi) is 4.55. The molecule has 1 N–H and O–H groups in total. The van der Waals surface area contributed by atoms with Crippen LogP contribution in [0.15, 0.2) is 18.5 Å². The molecule has 0 radical (unpaired) electrons. The molecule has 19 heavy (non-hydrogen) atoms. The molecule has 0 atom stereocenters. The molecule has 0 aliphatic carbocycles. The van der Waals surface area contributed by atoms with Crippen LogP contribution in [0.3, 0.4) is 0 Å². The van der Waals surface area contributed by atoms with Crippen LogP contribution < -0.4 is 10.2 Å². The van der Waals surface area contributed by atoms with Crippen LogP contribution >= 0.6 is 12.4 Å². The van der Waals surface area contributed by atoms with Gasteiger partial charge in [0, 0.05) is 51.7 Å². The van der Waals surface area contributed by atoms with Gasteiger partial charge in [-0.1, -0.05) is 0 Å². The standard InChI is InChI=1S/C12H17N5O.ClH/c18-11(10-8-13-9-10)16-4-6-17(7-5-16)12-14-2-1-3-15-12;/h1-3,10,13H,4-9H2;1H. The zero-order valence-electron chi connectivity index (χ0n) is 10.7. The molecular weight excluding hydrogens is 266 g/mol. The van der Waals surface area contributed by atoms with E-state index in [-0.39, 0.29) is 18.3 Å². The highest BCUT2D eigenvalue weighted by Crippen LogP contribution is 2.13. The topological polar surface area (TPSA) is 61.4 Å². The van der Waals surface area contributed by atoms with Crippen molar-refractivity contribution in [3.05, 3.63) is 18.5 Å². The van der Waals surface area contributed by atoms with Crippen molar-refractivity contribution in [2.24, 2.45) is 5.92 Å². The zero-order chi connectivity index (χ0) is 12.4. The highest BCUT2D eigenvalue weighted by atomic mass is 35.5. The SMILES string of the molecule is Cl.O=C(C1CNC1)N1CCN(c2ncccn2)CC1. The Labute approximate surface area is 118 Å². The van der Waals surface area contributed by atoms with Crippen LogP contribution in [0.2, 0.25) is 0 Å². The number of aromatic nitrogens is 2. The molecule has 7 heteroatoms. The first kappa shape index (κ1) is 14.0. The second-order valence-electron chi connectivity index (χ2n) is 4.72. The van der Waals surface area contributed by atoms with Crippen LogP contribution in [-0.4, -0.2) is 60.0 Å². The molecule has 2 aliphatic rings. The quantitative estimate of drug-likeness (QED) is 0.812. The number of halogens is 1. The average Bonchev–Trinajstić information content (AvgIpc) is 2.38. The van der Waals surface area contributed by atoms with Crippen molar-refractivity contribution in [3.63, 3.8) is 0 Å². The van der Waals surface area contributed by atoms with Crippen molar-refractivity contribution >= 4 is 24.3 Å². The monoisotopic (exact) mass is 283 g/mol. The minimum absolute atomic E-state index is 0. The molecule has 104 valence electrons. The summed E-state index contributed by atoms with van der Waals surface area (Å²) in [4.78, 5) is 24.6. The van der Waals surface area contributed by atoms with E-state index >= 15 is 0 Å². The third-order valence-electron chi connectivity index (χ3n) is 3.56. The van der Waals surface area contributed by atoms with E-state index in [1.165, 1.54) is 0 Å². The van der Waals surface area contributed by atoms with Crippen LogP contribution in [0.25, 0.3) is 0 Å². The van der Waals surface area contributed by atoms with Gasteiger partial charge in [-0.3, -0.25) is 4.79 Å². The Morgan fingerprint density at radius 2 is 1.79 bits per heavy atom. The summed E-state index contributed by atoms with van der Waals surface area (Å²) in [5, 5.41) is 3.14. The lowest BCUT2D eigenvalue weighted by Gasteiger charge is -2.38. The lowest BCUT2D eigenvalue weighted by molar-refractivity contribution is -0.137. The van der Waals surface area contributed by atoms with Crippen molar-refractivity contribution in [1.82, 2.24) is 20.2 Å². The fourth-order valence-corrected chi connectivity index (χ4v) is 2.30. The van der Waals surface area contributed by atoms with Gasteiger partial charge in [-0.05, 0) is 6.07 Å². The summed E-state index contributed by atoms with van der Waals surface area (Å²) in [5.41, 5.74) is 0. The van der Waals surface area contributed by atoms with Crippen molar-refractivity contribution in [2.45, 2.75) is 0 Å². The number of piperazine rings is 1. The Morgan fingerprint density at radius 1 is 1.16 bits per heavy atom. The van der Waals surface area contributed by atoms with Crippen LogP contribution in [0.4, 0.5) is 5.95 Å². The van der Waals surface area contributed by atoms with Gasteiger partial charge in [-0.25, -0.2) is 9.97 Å². The second kappa shape index (κ2) is 6.16. The predicted octanol–water partition coefficient (Wildman–Crippen LogP) is -0.234. The number of rotatable bonds is 2. The van der Waals surface area contributed by atoms with Gasteiger partial charge < -0.3 is 15.1 Å². The molecule has 0 saturated carbocycles. The highest BCUT2D eigenvalue weighted by Gasteiger charge is 2.31. The zero-order valence-corrected chi connectivity index (χ0v) is 11.5. The molecule has 0 spiro atoms. The number of nitrogens with zero attached hydrogens (tertiary/aromatic N) is 4. The van der Waals surface area contributed by atoms with Crippen LogP contribution in [0.5, 0.6) is 0 Å². The van der Waals surface area contributed by atoms with Gasteiger partial charge in [0.1, 0.15) is 0 Å². The molecule has 2 saturated heterocycles. The van der Waals surface area contributed by atoms with Gasteiger partial charge in [0.2, 0.25) is 11.9 Å². The molecule has 2 fully saturated rings. The average molecular weight is 284 g/mol. The van der Waals surface area contributed by atoms with Gasteiger partial charge >= 0.3 is 0 Å². The molecule has 3 rings (SSSR count). The second-order valence-corrected chi connectivity index (χ2v) is 4.72. The molecular formula is C12H18ClN5O. The number of hydrogen-bond acceptors (Lipinski definition) is 5. The Balaban J connectivity index is 0.00000133. The molecule has 6 nitrogen and oxygen atoms in total. The number of nitrogens with one attached hydrogen (secondary N) is 1. The van der Waals surface area contributed by atoms with E-state index in [2.05, 4.69) is 20.2 Å². The largest absolute Gasteiger partial charge is 0.339 e. The van der Waals surface area contributed by atoms with Crippen molar-refractivity contribution in [1.29, 1.82) is 0 Å². The predicted molar refractivity (Wildman–Crippen MR) is 74.4 cm³/mol. The van der Waals surface area contributed by atoms with E-state index < -0.39 is 0 Å². The lowest BCUT2D eigenvalue weighted by atomic mass is 10.0. The first-order valence-corrected chi connectivity index (χ1v) is 6.36. The first-order chi connectivity index (χ1) is 8.84. The van der Waals surface area contributed by atoms with Crippen molar-refractivity contribution in [2.75, 3.05) is 44.2 Å². The number of carbonyl (C=O) groups excluding carboxylic acids is 1. The number of hydrogen-bond donors (Lipinski definition) is 1. The molecule has 3 heterocycles. The van der Waals surface area contributed by atoms with Crippen LogP contribution in [-0.2, 0) is 4.79 Å². The summed E-state index contributed by atoms with van der Waals surface area (Å²) in [6.07, 6.45) is 3.50. The Morgan fingerprint density at radius 3 is 2.32 bits per heavy atom. The molecule has 0 bridgehead atoms. The van der Waals surface area contributed by atoms with Gasteiger partial charge in [0.15, 0.2) is 0 Å². The van der Waals surface area contributed by atoms with E-state index in [1.54, 1.807) is 12.4 Å². The van der Waals surface area contributed by atoms with E-state index in [0.29, 0.717) is 5.91 Å². The summed E-state index contributed by atoms with van der Waals surface area (Å²) in [6, 6.07) is 1.81. The maximum atomic E-state index is 12.1. The maximum absolute atomic E-state index is 12.1. The fourth-order valence-electron chi connectivity index (χ4n) is 2.30. The molecule has 1 aromatic rings. The molecule has 1 amide bonds. The Hall–Kier alpha value is -1.40. The van der Waals surface area contributed by atoms with Crippen molar-refractivity contribution < 1.29 is 4.79 Å². The minimum Gasteiger partial charge on any atom is -0.339 e. The Bertz CT molecular complexity index is 417. The minimum atomic E-state index is 0. The number of amides is 1. The number of anilines is 1. The fraction of sp³-hybridized carbons (Fsp3) is 0.583. The first-order valence-electron chi connectivity index (χ1n) is 6.36. The lowest BCUT2D eigenvalue weighted by Crippen LogP contribution is -2.56. The van der Waals surface area contributed by atoms with Gasteiger partial charge in [0.25, 0.3) is 0 Å². The summed E-state index contributed by atoms with van der Waals surface area (Å²) < 4.78 is 0. The molecule has 0 aromatic carbocycles. The molecule has 0 unspecified atom stereocenters. The van der Waals surface area contributed by atoms with Gasteiger partial charge in [-0.2, -0.15) is 0 Å². The summed E-state index contributed by atoms with van der Waals surface area (Å²) in [7, 11) is 0. The summed E-state index contributed by atoms with van der Waals surface area (Å²) >= 11 is 0. The maximum Gasteiger partial charge on any atom is 0.228 e. The van der Waals surface area contributed by atoms with Gasteiger partial charge in [0.05, 0.1) is 5.92 Å². The third kappa shape index (κ3) is 2.96. The van der Waals surface area contributed by atoms with E-state index in [1.807, 2.05) is 11.0 Å².